The summed E-state index contributed by atoms with van der Waals surface area (Å²) < 4.78 is 11.0. The smallest absolute Gasteiger partial charge is 0.317 e. The number of nitrogens with zero attached hydrogens (tertiary/aromatic N) is 1. The molecule has 2 saturated carbocycles. The fraction of sp³-hybridized carbons (Fsp3) is 0.619. The predicted molar refractivity (Wildman–Crippen MR) is 105 cm³/mol. The first kappa shape index (κ1) is 20.5. The van der Waals surface area contributed by atoms with Crippen molar-refractivity contribution >= 4 is 11.9 Å². The van der Waals surface area contributed by atoms with Gasteiger partial charge in [0, 0.05) is 24.2 Å². The number of benzene rings is 1. The average Bonchev–Trinajstić information content (AvgIpc) is 3.40. The summed E-state index contributed by atoms with van der Waals surface area (Å²) >= 11 is 0. The minimum Gasteiger partial charge on any atom is -0.493 e. The van der Waals surface area contributed by atoms with Gasteiger partial charge >= 0.3 is 5.97 Å². The van der Waals surface area contributed by atoms with Gasteiger partial charge in [-0.15, -0.1) is 0 Å². The minimum atomic E-state index is -0.788. The van der Waals surface area contributed by atoms with Crippen LogP contribution in [0.15, 0.2) is 18.2 Å². The van der Waals surface area contributed by atoms with Gasteiger partial charge in [-0.1, -0.05) is 0 Å². The van der Waals surface area contributed by atoms with Crippen LogP contribution in [0.2, 0.25) is 0 Å². The van der Waals surface area contributed by atoms with Crippen molar-refractivity contribution in [1.29, 1.82) is 0 Å². The number of carbonyl (C=O) groups excluding carboxylic acids is 1. The molecule has 7 heteroatoms. The number of hydrogen-bond acceptors (Lipinski definition) is 5. The fourth-order valence-corrected chi connectivity index (χ4v) is 3.58. The first-order valence-electron chi connectivity index (χ1n) is 9.97. The number of methoxy groups -OCH3 is 1. The third kappa shape index (κ3) is 5.38. The molecular formula is C21H30N2O5. The van der Waals surface area contributed by atoms with Gasteiger partial charge in [0.05, 0.1) is 19.8 Å². The zero-order valence-corrected chi connectivity index (χ0v) is 16.8. The van der Waals surface area contributed by atoms with E-state index in [2.05, 4.69) is 10.2 Å². The van der Waals surface area contributed by atoms with Crippen LogP contribution in [0, 0.1) is 5.92 Å². The number of hydrogen-bond donors (Lipinski definition) is 2. The third-order valence-corrected chi connectivity index (χ3v) is 5.28. The summed E-state index contributed by atoms with van der Waals surface area (Å²) in [4.78, 5) is 25.8. The Morgan fingerprint density at radius 1 is 1.25 bits per heavy atom. The topological polar surface area (TPSA) is 88.1 Å². The van der Waals surface area contributed by atoms with E-state index < -0.39 is 5.97 Å². The van der Waals surface area contributed by atoms with Crippen LogP contribution in [0.5, 0.6) is 11.5 Å². The zero-order valence-electron chi connectivity index (χ0n) is 16.8. The summed E-state index contributed by atoms with van der Waals surface area (Å²) in [5, 5.41) is 12.2. The van der Waals surface area contributed by atoms with Crippen LogP contribution < -0.4 is 14.8 Å². The lowest BCUT2D eigenvalue weighted by atomic mass is 9.85. The molecular weight excluding hydrogens is 360 g/mol. The van der Waals surface area contributed by atoms with Crippen molar-refractivity contribution in [2.45, 2.75) is 57.7 Å². The quantitative estimate of drug-likeness (QED) is 0.638. The molecule has 0 aromatic heterocycles. The number of amides is 1. The van der Waals surface area contributed by atoms with Gasteiger partial charge in [0.1, 0.15) is 0 Å². The molecule has 0 radical (unpaired) electrons. The Kier molecular flexibility index (Phi) is 6.44. The van der Waals surface area contributed by atoms with E-state index in [9.17, 15) is 9.59 Å². The van der Waals surface area contributed by atoms with Crippen LogP contribution in [0.4, 0.5) is 0 Å². The highest BCUT2D eigenvalue weighted by atomic mass is 16.5. The lowest BCUT2D eigenvalue weighted by molar-refractivity contribution is -0.139. The highest BCUT2D eigenvalue weighted by Gasteiger charge is 2.37. The predicted octanol–water partition coefficient (Wildman–Crippen LogP) is 2.54. The van der Waals surface area contributed by atoms with Crippen LogP contribution in [0.3, 0.4) is 0 Å². The summed E-state index contributed by atoms with van der Waals surface area (Å²) in [6, 6.07) is 5.48. The molecule has 28 heavy (non-hydrogen) atoms. The van der Waals surface area contributed by atoms with E-state index in [1.54, 1.807) is 25.3 Å². The van der Waals surface area contributed by atoms with E-state index in [0.717, 1.165) is 19.4 Å². The lowest BCUT2D eigenvalue weighted by Crippen LogP contribution is -2.55. The van der Waals surface area contributed by atoms with Crippen molar-refractivity contribution in [1.82, 2.24) is 10.2 Å². The highest BCUT2D eigenvalue weighted by molar-refractivity contribution is 5.95. The Balaban J connectivity index is 1.53. The summed E-state index contributed by atoms with van der Waals surface area (Å²) in [5.41, 5.74) is 0.525. The fourth-order valence-electron chi connectivity index (χ4n) is 3.58. The Labute approximate surface area is 166 Å². The second kappa shape index (κ2) is 8.82. The molecule has 1 aromatic rings. The van der Waals surface area contributed by atoms with Crippen molar-refractivity contribution in [3.05, 3.63) is 23.8 Å². The molecule has 7 nitrogen and oxygen atoms in total. The van der Waals surface area contributed by atoms with Gasteiger partial charge in [0.25, 0.3) is 5.91 Å². The first-order chi connectivity index (χ1) is 13.4. The van der Waals surface area contributed by atoms with Crippen molar-refractivity contribution in [2.24, 2.45) is 5.92 Å². The molecule has 0 unspecified atom stereocenters. The Bertz CT molecular complexity index is 711. The van der Waals surface area contributed by atoms with E-state index in [-0.39, 0.29) is 30.6 Å². The molecule has 0 atom stereocenters. The van der Waals surface area contributed by atoms with E-state index in [0.29, 0.717) is 23.0 Å². The molecule has 2 aliphatic carbocycles. The van der Waals surface area contributed by atoms with E-state index >= 15 is 0 Å². The maximum absolute atomic E-state index is 12.6. The Hall–Kier alpha value is -2.28. The van der Waals surface area contributed by atoms with Gasteiger partial charge in [0.15, 0.2) is 11.5 Å². The van der Waals surface area contributed by atoms with Crippen LogP contribution in [-0.2, 0) is 4.79 Å². The number of ether oxygens (including phenoxy) is 2. The molecule has 154 valence electrons. The molecule has 2 aliphatic rings. The van der Waals surface area contributed by atoms with Gasteiger partial charge in [-0.2, -0.15) is 0 Å². The van der Waals surface area contributed by atoms with E-state index in [1.165, 1.54) is 12.8 Å². The number of carbonyl (C=O) groups is 2. The summed E-state index contributed by atoms with van der Waals surface area (Å²) in [6.45, 7) is 4.80. The average molecular weight is 390 g/mol. The summed E-state index contributed by atoms with van der Waals surface area (Å²) in [6.07, 6.45) is 3.99. The standard InChI is InChI=1S/C21H30N2O5/c1-13(2)28-18-7-6-15(8-19(18)27-3)21(26)22-16-9-17(10-16)23(12-20(24)25)11-14-4-5-14/h6-8,13-14,16-17H,4-5,9-12H2,1-3H3,(H,22,26)(H,24,25). The van der Waals surface area contributed by atoms with Gasteiger partial charge in [0.2, 0.25) is 0 Å². The molecule has 2 fully saturated rings. The van der Waals surface area contributed by atoms with Crippen LogP contribution >= 0.6 is 0 Å². The van der Waals surface area contributed by atoms with E-state index in [4.69, 9.17) is 14.6 Å². The molecule has 1 amide bonds. The third-order valence-electron chi connectivity index (χ3n) is 5.28. The largest absolute Gasteiger partial charge is 0.493 e. The van der Waals surface area contributed by atoms with Gasteiger partial charge in [-0.25, -0.2) is 0 Å². The molecule has 0 saturated heterocycles. The van der Waals surface area contributed by atoms with Crippen molar-refractivity contribution in [3.8, 4) is 11.5 Å². The molecule has 0 heterocycles. The SMILES string of the molecule is COc1cc(C(=O)NC2CC(N(CC(=O)O)CC3CC3)C2)ccc1OC(C)C. The molecule has 0 spiro atoms. The van der Waals surface area contributed by atoms with Gasteiger partial charge < -0.3 is 19.9 Å². The number of carboxylic acids is 1. The lowest BCUT2D eigenvalue weighted by Gasteiger charge is -2.42. The minimum absolute atomic E-state index is 0.0184. The van der Waals surface area contributed by atoms with Crippen molar-refractivity contribution < 1.29 is 24.2 Å². The number of rotatable bonds is 10. The number of carboxylic acid groups (broad SMARTS) is 1. The Morgan fingerprint density at radius 2 is 1.96 bits per heavy atom. The maximum Gasteiger partial charge on any atom is 0.317 e. The van der Waals surface area contributed by atoms with Crippen molar-refractivity contribution in [2.75, 3.05) is 20.2 Å². The second-order valence-electron chi connectivity index (χ2n) is 8.09. The molecule has 2 N–H and O–H groups in total. The highest BCUT2D eigenvalue weighted by Crippen LogP contribution is 2.34. The monoisotopic (exact) mass is 390 g/mol. The normalized spacial score (nSPS) is 21.3. The number of nitrogens with one attached hydrogen (secondary N) is 1. The van der Waals surface area contributed by atoms with Crippen LogP contribution in [-0.4, -0.2) is 60.3 Å². The van der Waals surface area contributed by atoms with Crippen LogP contribution in [0.1, 0.15) is 49.9 Å². The van der Waals surface area contributed by atoms with E-state index in [1.807, 2.05) is 13.8 Å². The first-order valence-corrected chi connectivity index (χ1v) is 9.97. The number of aliphatic carboxylic acids is 1. The molecule has 0 bridgehead atoms. The molecule has 0 aliphatic heterocycles. The second-order valence-corrected chi connectivity index (χ2v) is 8.09. The molecule has 1 aromatic carbocycles. The summed E-state index contributed by atoms with van der Waals surface area (Å²) in [7, 11) is 1.55. The maximum atomic E-state index is 12.6. The van der Waals surface area contributed by atoms with Crippen molar-refractivity contribution in [3.63, 3.8) is 0 Å². The Morgan fingerprint density at radius 3 is 2.54 bits per heavy atom. The van der Waals surface area contributed by atoms with Crippen LogP contribution in [0.25, 0.3) is 0 Å². The van der Waals surface area contributed by atoms with Gasteiger partial charge in [-0.05, 0) is 63.6 Å². The molecule has 3 rings (SSSR count). The summed E-state index contributed by atoms with van der Waals surface area (Å²) in [5.74, 6) is 0.854. The zero-order chi connectivity index (χ0) is 20.3. The van der Waals surface area contributed by atoms with Gasteiger partial charge in [-0.3, -0.25) is 14.5 Å².